The molecule has 1 nitrogen and oxygen atoms in total. The predicted octanol–water partition coefficient (Wildman–Crippen LogP) is 6.20. The van der Waals surface area contributed by atoms with Crippen molar-refractivity contribution in [3.63, 3.8) is 0 Å². The Bertz CT molecular complexity index is 710. The van der Waals surface area contributed by atoms with E-state index >= 15 is 0 Å². The summed E-state index contributed by atoms with van der Waals surface area (Å²) in [5.41, 5.74) is 4.41. The molecular formula is C26H33N. The van der Waals surface area contributed by atoms with E-state index in [1.807, 2.05) is 0 Å². The van der Waals surface area contributed by atoms with Gasteiger partial charge in [0.15, 0.2) is 0 Å². The van der Waals surface area contributed by atoms with Crippen molar-refractivity contribution in [1.82, 2.24) is 4.90 Å². The summed E-state index contributed by atoms with van der Waals surface area (Å²) >= 11 is 0. The number of hydrogen-bond donors (Lipinski definition) is 0. The van der Waals surface area contributed by atoms with Gasteiger partial charge in [-0.2, -0.15) is 0 Å². The first-order valence-electron chi connectivity index (χ1n) is 10.7. The molecule has 3 aliphatic rings. The van der Waals surface area contributed by atoms with Crippen LogP contribution in [0.3, 0.4) is 0 Å². The van der Waals surface area contributed by atoms with E-state index in [1.54, 1.807) is 0 Å². The number of benzene rings is 2. The van der Waals surface area contributed by atoms with Crippen LogP contribution in [0.1, 0.15) is 57.1 Å². The normalized spacial score (nSPS) is 24.6. The fraction of sp³-hybridized carbons (Fsp3) is 0.462. The Morgan fingerprint density at radius 2 is 1.48 bits per heavy atom. The molecule has 0 aliphatic carbocycles. The topological polar surface area (TPSA) is 3.24 Å². The van der Waals surface area contributed by atoms with E-state index in [9.17, 15) is 0 Å². The molecule has 3 fully saturated rings. The molecule has 3 aliphatic heterocycles. The minimum atomic E-state index is 0.0575. The van der Waals surface area contributed by atoms with E-state index in [0.717, 1.165) is 12.3 Å². The van der Waals surface area contributed by atoms with Gasteiger partial charge in [0.25, 0.3) is 0 Å². The molecule has 1 heteroatoms. The SMILES string of the molecule is CC(C)=CCC(CC1CC2CCN1CC2)(c1ccccc1)c1ccccc1. The summed E-state index contributed by atoms with van der Waals surface area (Å²) in [4.78, 5) is 2.78. The largest absolute Gasteiger partial charge is 0.300 e. The summed E-state index contributed by atoms with van der Waals surface area (Å²) in [6.07, 6.45) is 8.97. The average Bonchev–Trinajstić information content (AvgIpc) is 2.73. The molecule has 0 saturated carbocycles. The number of piperidine rings is 3. The maximum atomic E-state index is 2.78. The Morgan fingerprint density at radius 1 is 0.926 bits per heavy atom. The molecule has 2 aromatic rings. The second-order valence-electron chi connectivity index (χ2n) is 8.87. The molecule has 0 spiro atoms. The minimum Gasteiger partial charge on any atom is -0.300 e. The van der Waals surface area contributed by atoms with Gasteiger partial charge in [0.2, 0.25) is 0 Å². The third-order valence-corrected chi connectivity index (χ3v) is 6.87. The van der Waals surface area contributed by atoms with Crippen molar-refractivity contribution in [2.75, 3.05) is 13.1 Å². The van der Waals surface area contributed by atoms with Crippen molar-refractivity contribution >= 4 is 0 Å². The van der Waals surface area contributed by atoms with Crippen molar-refractivity contribution in [2.24, 2.45) is 5.92 Å². The monoisotopic (exact) mass is 359 g/mol. The number of hydrogen-bond acceptors (Lipinski definition) is 1. The molecule has 0 N–H and O–H groups in total. The summed E-state index contributed by atoms with van der Waals surface area (Å²) in [5.74, 6) is 0.952. The van der Waals surface area contributed by atoms with Crippen molar-refractivity contribution in [1.29, 1.82) is 0 Å². The maximum Gasteiger partial charge on any atom is 0.0252 e. The van der Waals surface area contributed by atoms with Crippen LogP contribution in [-0.4, -0.2) is 24.0 Å². The van der Waals surface area contributed by atoms with Crippen LogP contribution in [0.2, 0.25) is 0 Å². The molecule has 2 bridgehead atoms. The molecule has 1 unspecified atom stereocenters. The molecule has 0 amide bonds. The van der Waals surface area contributed by atoms with Crippen LogP contribution in [0, 0.1) is 5.92 Å². The van der Waals surface area contributed by atoms with Crippen molar-refractivity contribution < 1.29 is 0 Å². The lowest BCUT2D eigenvalue weighted by molar-refractivity contribution is 0.0355. The molecule has 2 aromatic carbocycles. The van der Waals surface area contributed by atoms with Crippen molar-refractivity contribution in [3.05, 3.63) is 83.4 Å². The number of rotatable bonds is 6. The highest BCUT2D eigenvalue weighted by atomic mass is 15.2. The Hall–Kier alpha value is -1.86. The fourth-order valence-corrected chi connectivity index (χ4v) is 5.32. The van der Waals surface area contributed by atoms with Crippen LogP contribution in [0.4, 0.5) is 0 Å². The maximum absolute atomic E-state index is 2.78. The van der Waals surface area contributed by atoms with Gasteiger partial charge in [0, 0.05) is 11.5 Å². The molecule has 0 aromatic heterocycles. The zero-order chi connectivity index (χ0) is 18.7. The second-order valence-corrected chi connectivity index (χ2v) is 8.87. The van der Waals surface area contributed by atoms with E-state index < -0.39 is 0 Å². The van der Waals surface area contributed by atoms with Crippen LogP contribution < -0.4 is 0 Å². The van der Waals surface area contributed by atoms with Crippen LogP contribution in [0.5, 0.6) is 0 Å². The van der Waals surface area contributed by atoms with E-state index in [4.69, 9.17) is 0 Å². The van der Waals surface area contributed by atoms with E-state index in [1.165, 1.54) is 55.5 Å². The highest BCUT2D eigenvalue weighted by Crippen LogP contribution is 2.45. The molecule has 3 saturated heterocycles. The molecule has 5 rings (SSSR count). The van der Waals surface area contributed by atoms with Gasteiger partial charge in [0.05, 0.1) is 0 Å². The lowest BCUT2D eigenvalue weighted by atomic mass is 9.65. The predicted molar refractivity (Wildman–Crippen MR) is 115 cm³/mol. The second kappa shape index (κ2) is 8.02. The fourth-order valence-electron chi connectivity index (χ4n) is 5.32. The first kappa shape index (κ1) is 18.5. The summed E-state index contributed by atoms with van der Waals surface area (Å²) < 4.78 is 0. The molecular weight excluding hydrogens is 326 g/mol. The van der Waals surface area contributed by atoms with Crippen LogP contribution in [0.15, 0.2) is 72.3 Å². The minimum absolute atomic E-state index is 0.0575. The lowest BCUT2D eigenvalue weighted by Crippen LogP contribution is -2.51. The molecule has 3 heterocycles. The molecule has 27 heavy (non-hydrogen) atoms. The average molecular weight is 360 g/mol. The summed E-state index contributed by atoms with van der Waals surface area (Å²) in [7, 11) is 0. The van der Waals surface area contributed by atoms with E-state index in [0.29, 0.717) is 6.04 Å². The van der Waals surface area contributed by atoms with Gasteiger partial charge in [-0.05, 0) is 76.1 Å². The summed E-state index contributed by atoms with van der Waals surface area (Å²) in [5, 5.41) is 0. The molecule has 1 atom stereocenters. The zero-order valence-electron chi connectivity index (χ0n) is 16.9. The first-order valence-corrected chi connectivity index (χ1v) is 10.7. The third-order valence-electron chi connectivity index (χ3n) is 6.87. The highest BCUT2D eigenvalue weighted by molar-refractivity contribution is 5.41. The Balaban J connectivity index is 1.78. The van der Waals surface area contributed by atoms with Crippen molar-refractivity contribution in [3.8, 4) is 0 Å². The quantitative estimate of drug-likeness (QED) is 0.555. The molecule has 142 valence electrons. The van der Waals surface area contributed by atoms with Gasteiger partial charge in [-0.1, -0.05) is 72.3 Å². The summed E-state index contributed by atoms with van der Waals surface area (Å²) in [6.45, 7) is 7.06. The van der Waals surface area contributed by atoms with Gasteiger partial charge in [-0.3, -0.25) is 0 Å². The first-order chi connectivity index (χ1) is 13.2. The van der Waals surface area contributed by atoms with Crippen LogP contribution in [-0.2, 0) is 5.41 Å². The van der Waals surface area contributed by atoms with E-state index in [2.05, 4.69) is 85.5 Å². The van der Waals surface area contributed by atoms with Gasteiger partial charge in [-0.25, -0.2) is 0 Å². The van der Waals surface area contributed by atoms with Gasteiger partial charge in [0.1, 0.15) is 0 Å². The highest BCUT2D eigenvalue weighted by Gasteiger charge is 2.41. The van der Waals surface area contributed by atoms with E-state index in [-0.39, 0.29) is 5.41 Å². The molecule has 0 radical (unpaired) electrons. The lowest BCUT2D eigenvalue weighted by Gasteiger charge is -2.49. The van der Waals surface area contributed by atoms with Gasteiger partial charge < -0.3 is 4.90 Å². The van der Waals surface area contributed by atoms with Gasteiger partial charge >= 0.3 is 0 Å². The third kappa shape index (κ3) is 3.89. The summed E-state index contributed by atoms with van der Waals surface area (Å²) in [6, 6.07) is 23.2. The zero-order valence-corrected chi connectivity index (χ0v) is 16.9. The van der Waals surface area contributed by atoms with Crippen LogP contribution >= 0.6 is 0 Å². The Morgan fingerprint density at radius 3 is 1.93 bits per heavy atom. The Labute approximate surface area is 165 Å². The number of nitrogens with zero attached hydrogens (tertiary/aromatic N) is 1. The van der Waals surface area contributed by atoms with Crippen molar-refractivity contribution in [2.45, 2.75) is 57.4 Å². The van der Waals surface area contributed by atoms with Gasteiger partial charge in [-0.15, -0.1) is 0 Å². The number of fused-ring (bicyclic) bond motifs is 3. The smallest absolute Gasteiger partial charge is 0.0252 e. The number of allylic oxidation sites excluding steroid dienone is 2. The standard InChI is InChI=1S/C26H33N/c1-21(2)13-16-26(23-9-5-3-6-10-23,24-11-7-4-8-12-24)20-25-19-22-14-17-27(25)18-15-22/h3-13,22,25H,14-20H2,1-2H3. The van der Waals surface area contributed by atoms with Crippen LogP contribution in [0.25, 0.3) is 0 Å². The Kier molecular flexibility index (Phi) is 5.50.